The second kappa shape index (κ2) is 30.1. The number of benzene rings is 2. The van der Waals surface area contributed by atoms with Gasteiger partial charge in [0.25, 0.3) is 0 Å². The summed E-state index contributed by atoms with van der Waals surface area (Å²) in [6.07, 6.45) is 40.5. The van der Waals surface area contributed by atoms with Gasteiger partial charge in [0.05, 0.1) is 0 Å². The highest BCUT2D eigenvalue weighted by Gasteiger charge is 2.23. The molecule has 63 heavy (non-hydrogen) atoms. The van der Waals surface area contributed by atoms with Crippen molar-refractivity contribution in [2.24, 2.45) is 11.8 Å². The van der Waals surface area contributed by atoms with Crippen LogP contribution in [0.2, 0.25) is 0 Å². The predicted octanol–water partition coefficient (Wildman–Crippen LogP) is 17.3. The van der Waals surface area contributed by atoms with Gasteiger partial charge >= 0.3 is 0 Å². The molecule has 2 aromatic carbocycles. The molecule has 2 heterocycles. The zero-order valence-electron chi connectivity index (χ0n) is 40.4. The number of aromatic nitrogens is 2. The first kappa shape index (κ1) is 49.9. The maximum atomic E-state index is 4.55. The third-order valence-electron chi connectivity index (χ3n) is 14.1. The Kier molecular flexibility index (Phi) is 23.8. The molecular formula is C61H84N2. The molecule has 0 unspecified atom stereocenters. The SMILES string of the molecule is CCCCCCC1CCC(c2ccc(C#Cc3ccc(CCCCC)cn3)cc2)CC1.CCCCCCc1ccc(C#Cc2ccc(C3CCC(CCCCCC)CC3)cc2)nc1. The van der Waals surface area contributed by atoms with Crippen molar-refractivity contribution in [3.63, 3.8) is 0 Å². The van der Waals surface area contributed by atoms with Gasteiger partial charge < -0.3 is 0 Å². The molecule has 0 atom stereocenters. The highest BCUT2D eigenvalue weighted by Crippen LogP contribution is 2.39. The van der Waals surface area contributed by atoms with Crippen LogP contribution in [0.25, 0.3) is 0 Å². The van der Waals surface area contributed by atoms with Gasteiger partial charge in [-0.05, 0) is 171 Å². The fourth-order valence-corrected chi connectivity index (χ4v) is 9.87. The quantitative estimate of drug-likeness (QED) is 0.0617. The predicted molar refractivity (Wildman–Crippen MR) is 271 cm³/mol. The molecule has 2 saturated carbocycles. The van der Waals surface area contributed by atoms with E-state index in [1.165, 1.54) is 183 Å². The Hall–Kier alpha value is -4.14. The summed E-state index contributed by atoms with van der Waals surface area (Å²) in [5.41, 5.74) is 9.55. The number of aryl methyl sites for hydroxylation is 2. The second-order valence-corrected chi connectivity index (χ2v) is 19.2. The van der Waals surface area contributed by atoms with Crippen LogP contribution in [0, 0.1) is 35.5 Å². The third-order valence-corrected chi connectivity index (χ3v) is 14.1. The largest absolute Gasteiger partial charge is 0.248 e. The second-order valence-electron chi connectivity index (χ2n) is 19.2. The number of hydrogen-bond donors (Lipinski definition) is 0. The smallest absolute Gasteiger partial charge is 0.113 e. The van der Waals surface area contributed by atoms with Crippen LogP contribution >= 0.6 is 0 Å². The van der Waals surface area contributed by atoms with E-state index in [1.807, 2.05) is 12.4 Å². The van der Waals surface area contributed by atoms with Crippen LogP contribution in [0.5, 0.6) is 0 Å². The van der Waals surface area contributed by atoms with E-state index < -0.39 is 0 Å². The van der Waals surface area contributed by atoms with Gasteiger partial charge in [-0.1, -0.05) is 172 Å². The van der Waals surface area contributed by atoms with Gasteiger partial charge in [-0.15, -0.1) is 0 Å². The van der Waals surface area contributed by atoms with E-state index in [0.29, 0.717) is 0 Å². The van der Waals surface area contributed by atoms with Gasteiger partial charge in [0.1, 0.15) is 11.4 Å². The van der Waals surface area contributed by atoms with Crippen LogP contribution in [0.1, 0.15) is 245 Å². The van der Waals surface area contributed by atoms with Crippen LogP contribution in [-0.2, 0) is 12.8 Å². The molecule has 338 valence electrons. The van der Waals surface area contributed by atoms with E-state index in [1.54, 1.807) is 0 Å². The van der Waals surface area contributed by atoms with E-state index in [9.17, 15) is 0 Å². The van der Waals surface area contributed by atoms with Gasteiger partial charge in [-0.25, -0.2) is 9.97 Å². The molecule has 2 nitrogen and oxygen atoms in total. The van der Waals surface area contributed by atoms with Gasteiger partial charge in [0.2, 0.25) is 0 Å². The standard InChI is InChI=1S/C31H43N.C30H41N/c1-3-5-7-9-11-26-13-19-29(20-14-26)30-21-15-27(16-22-30)17-23-31-24-18-28(25-32-31)12-10-8-6-4-2;1-3-5-7-9-10-25-12-18-28(19-13-25)29-20-14-26(15-21-29)16-22-30-23-17-27(24-31-30)11-8-6-4-2/h15-16,18,21-22,24-26,29H,3-14,19-20H2,1-2H3;14-15,17,20-21,23-25,28H,3-13,18-19H2,1-2H3. The molecule has 2 heteroatoms. The summed E-state index contributed by atoms with van der Waals surface area (Å²) >= 11 is 0. The summed E-state index contributed by atoms with van der Waals surface area (Å²) in [5, 5.41) is 0. The van der Waals surface area contributed by atoms with Crippen LogP contribution in [0.3, 0.4) is 0 Å². The minimum absolute atomic E-state index is 0.746. The van der Waals surface area contributed by atoms with Crippen molar-refractivity contribution in [1.29, 1.82) is 0 Å². The summed E-state index contributed by atoms with van der Waals surface area (Å²) < 4.78 is 0. The average molecular weight is 845 g/mol. The fraction of sp³-hybridized carbons (Fsp3) is 0.574. The van der Waals surface area contributed by atoms with Crippen LogP contribution in [0.15, 0.2) is 85.2 Å². The first-order chi connectivity index (χ1) is 31.1. The van der Waals surface area contributed by atoms with Crippen molar-refractivity contribution in [3.8, 4) is 23.7 Å². The Labute approximate surface area is 386 Å². The van der Waals surface area contributed by atoms with E-state index in [4.69, 9.17) is 0 Å². The highest BCUT2D eigenvalue weighted by atomic mass is 14.7. The molecule has 0 bridgehead atoms. The number of pyridine rings is 2. The van der Waals surface area contributed by atoms with Crippen molar-refractivity contribution < 1.29 is 0 Å². The molecule has 0 spiro atoms. The lowest BCUT2D eigenvalue weighted by molar-refractivity contribution is 0.302. The number of unbranched alkanes of at least 4 members (excludes halogenated alkanes) is 11. The van der Waals surface area contributed by atoms with Gasteiger partial charge in [-0.2, -0.15) is 0 Å². The zero-order valence-corrected chi connectivity index (χ0v) is 40.4. The summed E-state index contributed by atoms with van der Waals surface area (Å²) in [4.78, 5) is 9.08. The molecule has 2 aliphatic carbocycles. The molecule has 2 aromatic heterocycles. The Morgan fingerprint density at radius 1 is 0.381 bits per heavy atom. The Bertz CT molecular complexity index is 1900. The summed E-state index contributed by atoms with van der Waals surface area (Å²) in [6.45, 7) is 9.09. The molecule has 2 fully saturated rings. The maximum absolute atomic E-state index is 4.55. The summed E-state index contributed by atoms with van der Waals surface area (Å²) in [5.74, 6) is 16.5. The molecule has 0 saturated heterocycles. The van der Waals surface area contributed by atoms with Crippen molar-refractivity contribution in [2.45, 2.75) is 213 Å². The molecule has 4 aromatic rings. The maximum Gasteiger partial charge on any atom is 0.113 e. The molecular weight excluding hydrogens is 761 g/mol. The van der Waals surface area contributed by atoms with Crippen molar-refractivity contribution in [2.75, 3.05) is 0 Å². The van der Waals surface area contributed by atoms with Crippen molar-refractivity contribution in [3.05, 3.63) is 130 Å². The third kappa shape index (κ3) is 19.2. The van der Waals surface area contributed by atoms with Crippen LogP contribution in [0.4, 0.5) is 0 Å². The molecule has 0 amide bonds. The lowest BCUT2D eigenvalue weighted by Gasteiger charge is -2.29. The number of rotatable bonds is 21. The van der Waals surface area contributed by atoms with Crippen LogP contribution < -0.4 is 0 Å². The van der Waals surface area contributed by atoms with Gasteiger partial charge in [-0.3, -0.25) is 0 Å². The lowest BCUT2D eigenvalue weighted by Crippen LogP contribution is -2.13. The number of nitrogens with zero attached hydrogens (tertiary/aromatic N) is 2. The topological polar surface area (TPSA) is 25.8 Å². The first-order valence-electron chi connectivity index (χ1n) is 26.2. The summed E-state index contributed by atoms with van der Waals surface area (Å²) in [7, 11) is 0. The van der Waals surface area contributed by atoms with Crippen molar-refractivity contribution in [1.82, 2.24) is 9.97 Å². The lowest BCUT2D eigenvalue weighted by atomic mass is 9.77. The van der Waals surface area contributed by atoms with Crippen LogP contribution in [-0.4, -0.2) is 9.97 Å². The average Bonchev–Trinajstić information content (AvgIpc) is 3.34. The van der Waals surface area contributed by atoms with E-state index in [2.05, 4.69) is 134 Å². The highest BCUT2D eigenvalue weighted by molar-refractivity contribution is 5.43. The monoisotopic (exact) mass is 845 g/mol. The molecule has 2 aliphatic rings. The van der Waals surface area contributed by atoms with E-state index in [-0.39, 0.29) is 0 Å². The zero-order chi connectivity index (χ0) is 44.2. The Balaban J connectivity index is 0.000000238. The van der Waals surface area contributed by atoms with E-state index >= 15 is 0 Å². The normalized spacial score (nSPS) is 18.3. The fourth-order valence-electron chi connectivity index (χ4n) is 9.87. The van der Waals surface area contributed by atoms with Gasteiger partial charge in [0.15, 0.2) is 0 Å². The minimum Gasteiger partial charge on any atom is -0.248 e. The molecule has 0 N–H and O–H groups in total. The molecule has 6 rings (SSSR count). The summed E-state index contributed by atoms with van der Waals surface area (Å²) in [6, 6.07) is 26.5. The molecule has 0 radical (unpaired) electrons. The van der Waals surface area contributed by atoms with Gasteiger partial charge in [0, 0.05) is 23.5 Å². The Morgan fingerprint density at radius 3 is 1.11 bits per heavy atom. The minimum atomic E-state index is 0.746. The number of hydrogen-bond acceptors (Lipinski definition) is 2. The van der Waals surface area contributed by atoms with E-state index in [0.717, 1.165) is 59.0 Å². The Morgan fingerprint density at radius 2 is 0.746 bits per heavy atom. The molecule has 0 aliphatic heterocycles. The van der Waals surface area contributed by atoms with Crippen molar-refractivity contribution >= 4 is 0 Å². The first-order valence-corrected chi connectivity index (χ1v) is 26.2.